The second kappa shape index (κ2) is 12.7. The summed E-state index contributed by atoms with van der Waals surface area (Å²) in [6.07, 6.45) is 6.78. The number of ether oxygens (including phenoxy) is 2. The zero-order valence-electron chi connectivity index (χ0n) is 20.0. The molecule has 1 atom stereocenters. The Morgan fingerprint density at radius 1 is 1.18 bits per heavy atom. The highest BCUT2D eigenvalue weighted by molar-refractivity contribution is 5.92. The van der Waals surface area contributed by atoms with Crippen LogP contribution < -0.4 is 20.1 Å². The van der Waals surface area contributed by atoms with E-state index in [1.807, 2.05) is 29.3 Å². The number of nitrogens with zero attached hydrogens (tertiary/aromatic N) is 4. The molecule has 2 fully saturated rings. The summed E-state index contributed by atoms with van der Waals surface area (Å²) in [6, 6.07) is 5.11. The lowest BCUT2D eigenvalue weighted by molar-refractivity contribution is -0.140. The maximum absolute atomic E-state index is 13.2. The SMILES string of the molecule is COc1cccc(CCN=C(NC#N)N[C@H]2CCCCN(CC(=O)N3CCCC3)C2=O)c1OC. The maximum Gasteiger partial charge on any atom is 0.245 e. The van der Waals surface area contributed by atoms with E-state index < -0.39 is 6.04 Å². The van der Waals surface area contributed by atoms with Crippen molar-refractivity contribution in [3.63, 3.8) is 0 Å². The first kappa shape index (κ1) is 25.1. The van der Waals surface area contributed by atoms with Crippen LogP contribution in [0.5, 0.6) is 11.5 Å². The van der Waals surface area contributed by atoms with E-state index in [1.165, 1.54) is 0 Å². The van der Waals surface area contributed by atoms with Crippen LogP contribution >= 0.6 is 0 Å². The molecule has 0 aromatic heterocycles. The van der Waals surface area contributed by atoms with Crippen LogP contribution in [-0.2, 0) is 16.0 Å². The summed E-state index contributed by atoms with van der Waals surface area (Å²) >= 11 is 0. The molecule has 0 aliphatic carbocycles. The first-order valence-electron chi connectivity index (χ1n) is 11.8. The average molecular weight is 471 g/mol. The molecular weight excluding hydrogens is 436 g/mol. The molecule has 0 radical (unpaired) electrons. The van der Waals surface area contributed by atoms with Gasteiger partial charge in [-0.2, -0.15) is 5.26 Å². The van der Waals surface area contributed by atoms with Crippen LogP contribution in [0.25, 0.3) is 0 Å². The van der Waals surface area contributed by atoms with Gasteiger partial charge in [0.2, 0.25) is 17.8 Å². The van der Waals surface area contributed by atoms with E-state index >= 15 is 0 Å². The van der Waals surface area contributed by atoms with Crippen molar-refractivity contribution in [2.24, 2.45) is 4.99 Å². The highest BCUT2D eigenvalue weighted by Gasteiger charge is 2.30. The molecule has 2 amide bonds. The minimum absolute atomic E-state index is 0.00257. The van der Waals surface area contributed by atoms with Crippen molar-refractivity contribution in [2.75, 3.05) is 46.9 Å². The largest absolute Gasteiger partial charge is 0.493 e. The van der Waals surface area contributed by atoms with Crippen LogP contribution in [0.1, 0.15) is 37.7 Å². The van der Waals surface area contributed by atoms with E-state index in [4.69, 9.17) is 9.47 Å². The molecule has 0 unspecified atom stereocenters. The molecule has 0 spiro atoms. The van der Waals surface area contributed by atoms with E-state index in [-0.39, 0.29) is 24.3 Å². The Labute approximate surface area is 200 Å². The Morgan fingerprint density at radius 3 is 2.65 bits per heavy atom. The number of amides is 2. The number of guanidine groups is 1. The van der Waals surface area contributed by atoms with Gasteiger partial charge >= 0.3 is 0 Å². The van der Waals surface area contributed by atoms with Crippen molar-refractivity contribution in [1.29, 1.82) is 5.26 Å². The Hall–Kier alpha value is -3.48. The predicted molar refractivity (Wildman–Crippen MR) is 127 cm³/mol. The zero-order valence-corrected chi connectivity index (χ0v) is 20.0. The number of hydrogen-bond donors (Lipinski definition) is 2. The van der Waals surface area contributed by atoms with Crippen molar-refractivity contribution in [3.8, 4) is 17.7 Å². The van der Waals surface area contributed by atoms with Crippen LogP contribution in [0.2, 0.25) is 0 Å². The Balaban J connectivity index is 1.64. The lowest BCUT2D eigenvalue weighted by Gasteiger charge is -2.27. The smallest absolute Gasteiger partial charge is 0.245 e. The third kappa shape index (κ3) is 6.53. The average Bonchev–Trinajstić information content (AvgIpc) is 3.34. The first-order valence-corrected chi connectivity index (χ1v) is 11.8. The van der Waals surface area contributed by atoms with Crippen LogP contribution in [0.15, 0.2) is 23.2 Å². The van der Waals surface area contributed by atoms with Crippen molar-refractivity contribution >= 4 is 17.8 Å². The number of carbonyl (C=O) groups is 2. The first-order chi connectivity index (χ1) is 16.6. The fourth-order valence-corrected chi connectivity index (χ4v) is 4.40. The van der Waals surface area contributed by atoms with Crippen molar-refractivity contribution in [1.82, 2.24) is 20.4 Å². The zero-order chi connectivity index (χ0) is 24.3. The molecule has 2 saturated heterocycles. The van der Waals surface area contributed by atoms with Crippen molar-refractivity contribution in [2.45, 2.75) is 44.6 Å². The molecule has 2 heterocycles. The number of aliphatic imine (C=N–C) groups is 1. The summed E-state index contributed by atoms with van der Waals surface area (Å²) in [4.78, 5) is 33.7. The topological polar surface area (TPSA) is 119 Å². The van der Waals surface area contributed by atoms with Gasteiger partial charge in [0.15, 0.2) is 17.7 Å². The van der Waals surface area contributed by atoms with E-state index in [0.717, 1.165) is 44.3 Å². The number of para-hydroxylation sites is 1. The number of carbonyl (C=O) groups excluding carboxylic acids is 2. The third-order valence-corrected chi connectivity index (χ3v) is 6.19. The van der Waals surface area contributed by atoms with E-state index in [2.05, 4.69) is 15.6 Å². The van der Waals surface area contributed by atoms with Crippen molar-refractivity contribution in [3.05, 3.63) is 23.8 Å². The molecule has 34 heavy (non-hydrogen) atoms. The number of nitrogens with one attached hydrogen (secondary N) is 2. The number of methoxy groups -OCH3 is 2. The van der Waals surface area contributed by atoms with Gasteiger partial charge in [0, 0.05) is 26.2 Å². The molecule has 0 bridgehead atoms. The standard InChI is InChI=1S/C24H34N6O4/c1-33-20-10-7-8-18(22(20)34-2)11-12-26-24(27-17-25)28-19-9-3-4-15-30(23(19)32)16-21(31)29-13-5-6-14-29/h7-8,10,19H,3-6,9,11-16H2,1-2H3,(H2,26,27,28)/t19-/m0/s1. The van der Waals surface area contributed by atoms with Gasteiger partial charge < -0.3 is 24.6 Å². The normalized spacial score (nSPS) is 18.8. The second-order valence-corrected chi connectivity index (χ2v) is 8.41. The Bertz CT molecular complexity index is 923. The highest BCUT2D eigenvalue weighted by Crippen LogP contribution is 2.30. The molecule has 2 aliphatic rings. The van der Waals surface area contributed by atoms with Gasteiger partial charge in [-0.1, -0.05) is 12.1 Å². The molecule has 0 saturated carbocycles. The van der Waals surface area contributed by atoms with Crippen LogP contribution in [-0.4, -0.2) is 80.6 Å². The minimum Gasteiger partial charge on any atom is -0.493 e. The lowest BCUT2D eigenvalue weighted by atomic mass is 10.1. The molecule has 1 aromatic rings. The molecule has 2 N–H and O–H groups in total. The number of rotatable bonds is 8. The van der Waals surface area contributed by atoms with E-state index in [0.29, 0.717) is 37.4 Å². The molecular formula is C24H34N6O4. The molecule has 184 valence electrons. The Kier molecular flexibility index (Phi) is 9.38. The van der Waals surface area contributed by atoms with Gasteiger partial charge in [-0.3, -0.25) is 19.9 Å². The van der Waals surface area contributed by atoms with Crippen molar-refractivity contribution < 1.29 is 19.1 Å². The summed E-state index contributed by atoms with van der Waals surface area (Å²) in [7, 11) is 3.18. The quantitative estimate of drug-likeness (QED) is 0.254. The minimum atomic E-state index is -0.542. The summed E-state index contributed by atoms with van der Waals surface area (Å²) < 4.78 is 10.8. The van der Waals surface area contributed by atoms with Crippen LogP contribution in [0.3, 0.4) is 0 Å². The van der Waals surface area contributed by atoms with E-state index in [9.17, 15) is 14.9 Å². The van der Waals surface area contributed by atoms with Gasteiger partial charge in [-0.15, -0.1) is 0 Å². The van der Waals surface area contributed by atoms with Crippen LogP contribution in [0, 0.1) is 11.5 Å². The number of hydrogen-bond acceptors (Lipinski definition) is 6. The number of nitriles is 1. The molecule has 2 aliphatic heterocycles. The Morgan fingerprint density at radius 2 is 1.94 bits per heavy atom. The van der Waals surface area contributed by atoms with Gasteiger partial charge in [-0.05, 0) is 50.2 Å². The monoisotopic (exact) mass is 470 g/mol. The summed E-state index contributed by atoms with van der Waals surface area (Å²) in [5, 5.41) is 14.8. The fourth-order valence-electron chi connectivity index (χ4n) is 4.40. The predicted octanol–water partition coefficient (Wildman–Crippen LogP) is 1.27. The number of benzene rings is 1. The fraction of sp³-hybridized carbons (Fsp3) is 0.583. The van der Waals surface area contributed by atoms with Gasteiger partial charge in [0.05, 0.1) is 20.8 Å². The summed E-state index contributed by atoms with van der Waals surface area (Å²) in [5.74, 6) is 1.41. The van der Waals surface area contributed by atoms with E-state index in [1.54, 1.807) is 19.1 Å². The van der Waals surface area contributed by atoms with Gasteiger partial charge in [-0.25, -0.2) is 0 Å². The maximum atomic E-state index is 13.2. The molecule has 1 aromatic carbocycles. The number of likely N-dealkylation sites (tertiary alicyclic amines) is 2. The molecule has 10 heteroatoms. The highest BCUT2D eigenvalue weighted by atomic mass is 16.5. The van der Waals surface area contributed by atoms with Gasteiger partial charge in [0.25, 0.3) is 0 Å². The van der Waals surface area contributed by atoms with Gasteiger partial charge in [0.1, 0.15) is 6.04 Å². The second-order valence-electron chi connectivity index (χ2n) is 8.41. The summed E-state index contributed by atoms with van der Waals surface area (Å²) in [5.41, 5.74) is 0.930. The van der Waals surface area contributed by atoms with Crippen LogP contribution in [0.4, 0.5) is 0 Å². The lowest BCUT2D eigenvalue weighted by Crippen LogP contribution is -2.52. The summed E-state index contributed by atoms with van der Waals surface area (Å²) in [6.45, 7) is 2.57. The third-order valence-electron chi connectivity index (χ3n) is 6.19. The molecule has 10 nitrogen and oxygen atoms in total. The molecule has 3 rings (SSSR count).